The average Bonchev–Trinajstić information content (AvgIpc) is 3.87. The Kier molecular flexibility index (Phi) is 8.95. The normalized spacial score (nSPS) is 11.5. The third-order valence-corrected chi connectivity index (χ3v) is 9.08. The van der Waals surface area contributed by atoms with E-state index in [4.69, 9.17) is 38.9 Å². The summed E-state index contributed by atoms with van der Waals surface area (Å²) in [5, 5.41) is 5.38. The van der Waals surface area contributed by atoms with E-state index in [0.717, 1.165) is 49.5 Å². The lowest BCUT2D eigenvalue weighted by Gasteiger charge is -2.01. The van der Waals surface area contributed by atoms with Crippen LogP contribution in [0.4, 0.5) is 5.95 Å². The minimum absolute atomic E-state index is 0.254. The molecule has 0 saturated carbocycles. The highest BCUT2D eigenvalue weighted by Crippen LogP contribution is 2.30. The van der Waals surface area contributed by atoms with E-state index >= 15 is 0 Å². The highest BCUT2D eigenvalue weighted by molar-refractivity contribution is 7.15. The minimum Gasteiger partial charge on any atom is -0.368 e. The quantitative estimate of drug-likeness (QED) is 0.178. The molecule has 0 spiro atoms. The van der Waals surface area contributed by atoms with Crippen LogP contribution in [-0.4, -0.2) is 38.7 Å². The lowest BCUT2D eigenvalue weighted by Crippen LogP contribution is -2.09. The highest BCUT2D eigenvalue weighted by atomic mass is 35.5. The zero-order chi connectivity index (χ0) is 33.0. The van der Waals surface area contributed by atoms with Gasteiger partial charge in [0.05, 0.1) is 28.5 Å². The summed E-state index contributed by atoms with van der Waals surface area (Å²) in [5.41, 5.74) is 12.4. The molecule has 6 aromatic heterocycles. The molecule has 0 radical (unpaired) electrons. The van der Waals surface area contributed by atoms with Gasteiger partial charge in [0.1, 0.15) is 0 Å². The predicted octanol–water partition coefficient (Wildman–Crippen LogP) is 8.23. The van der Waals surface area contributed by atoms with E-state index < -0.39 is 0 Å². The molecule has 0 amide bonds. The van der Waals surface area contributed by atoms with Gasteiger partial charge in [-0.3, -0.25) is 8.80 Å². The molecule has 0 aliphatic rings. The number of hydrogen-bond donors (Lipinski definition) is 2. The number of nitrogens with two attached hydrogens (primary N) is 1. The number of halogens is 2. The summed E-state index contributed by atoms with van der Waals surface area (Å²) >= 11 is 15.1. The molecule has 3 N–H and O–H groups in total. The van der Waals surface area contributed by atoms with E-state index in [1.54, 1.807) is 41.0 Å². The van der Waals surface area contributed by atoms with Crippen LogP contribution < -0.4 is 11.4 Å². The molecule has 2 aromatic carbocycles. The summed E-state index contributed by atoms with van der Waals surface area (Å²) in [5.74, 6) is 0.254. The number of thiazole rings is 2. The Bertz CT molecular complexity index is 2470. The SMILES string of the molecule is Nc1nccc(/C=C/c2c(-c3ccc(Cl)cc3)nc3sccn23)n1.O=c1nccc(/C=C/c2c(-c3ccc(Cl)cc3)nc3sccn23)[nH]1. The third kappa shape index (κ3) is 6.82. The van der Waals surface area contributed by atoms with Gasteiger partial charge in [-0.2, -0.15) is 0 Å². The maximum Gasteiger partial charge on any atom is 0.345 e. The van der Waals surface area contributed by atoms with Crippen molar-refractivity contribution in [2.24, 2.45) is 0 Å². The van der Waals surface area contributed by atoms with Gasteiger partial charge in [-0.1, -0.05) is 47.5 Å². The molecule has 10 nitrogen and oxygen atoms in total. The Hall–Kier alpha value is -5.40. The first-order valence-corrected chi connectivity index (χ1v) is 16.9. The van der Waals surface area contributed by atoms with Crippen LogP contribution in [0.2, 0.25) is 10.0 Å². The van der Waals surface area contributed by atoms with Gasteiger partial charge in [0.25, 0.3) is 0 Å². The fourth-order valence-electron chi connectivity index (χ4n) is 4.86. The molecule has 0 bridgehead atoms. The van der Waals surface area contributed by atoms with Gasteiger partial charge >= 0.3 is 5.69 Å². The molecule has 8 rings (SSSR count). The smallest absolute Gasteiger partial charge is 0.345 e. The monoisotopic (exact) mass is 707 g/mol. The number of aromatic nitrogens is 8. The van der Waals surface area contributed by atoms with Crippen molar-refractivity contribution in [2.45, 2.75) is 0 Å². The molecule has 48 heavy (non-hydrogen) atoms. The molecule has 0 aliphatic heterocycles. The lowest BCUT2D eigenvalue weighted by atomic mass is 10.1. The van der Waals surface area contributed by atoms with Crippen LogP contribution in [0.15, 0.2) is 101 Å². The number of nitrogen functional groups attached to an aromatic ring is 1. The Morgan fingerprint density at radius 1 is 0.667 bits per heavy atom. The topological polar surface area (TPSA) is 132 Å². The van der Waals surface area contributed by atoms with E-state index in [0.29, 0.717) is 15.7 Å². The summed E-state index contributed by atoms with van der Waals surface area (Å²) in [4.78, 5) is 37.0. The van der Waals surface area contributed by atoms with E-state index in [1.807, 2.05) is 100 Å². The number of benzene rings is 2. The van der Waals surface area contributed by atoms with Gasteiger partial charge in [-0.15, -0.1) is 22.7 Å². The predicted molar refractivity (Wildman–Crippen MR) is 196 cm³/mol. The summed E-state index contributed by atoms with van der Waals surface area (Å²) in [6.07, 6.45) is 14.7. The number of anilines is 1. The van der Waals surface area contributed by atoms with Crippen LogP contribution in [-0.2, 0) is 0 Å². The van der Waals surface area contributed by atoms with E-state index in [-0.39, 0.29) is 11.6 Å². The zero-order valence-corrected chi connectivity index (χ0v) is 27.9. The number of fused-ring (bicyclic) bond motifs is 2. The van der Waals surface area contributed by atoms with Gasteiger partial charge in [0, 0.05) is 62.4 Å². The van der Waals surface area contributed by atoms with Crippen LogP contribution in [0.5, 0.6) is 0 Å². The van der Waals surface area contributed by atoms with Crippen molar-refractivity contribution in [3.8, 4) is 22.5 Å². The second-order valence-corrected chi connectivity index (χ2v) is 12.8. The molecule has 0 atom stereocenters. The van der Waals surface area contributed by atoms with Crippen LogP contribution in [0.25, 0.3) is 56.7 Å². The van der Waals surface area contributed by atoms with Crippen molar-refractivity contribution in [3.63, 3.8) is 0 Å². The first-order valence-electron chi connectivity index (χ1n) is 14.3. The molecule has 14 heteroatoms. The van der Waals surface area contributed by atoms with Crippen molar-refractivity contribution in [1.82, 2.24) is 38.7 Å². The van der Waals surface area contributed by atoms with Crippen molar-refractivity contribution in [2.75, 3.05) is 5.73 Å². The summed E-state index contributed by atoms with van der Waals surface area (Å²) in [6.45, 7) is 0. The first kappa shape index (κ1) is 31.2. The van der Waals surface area contributed by atoms with Gasteiger partial charge < -0.3 is 10.7 Å². The molecule has 0 fully saturated rings. The fourth-order valence-corrected chi connectivity index (χ4v) is 6.55. The molecular weight excluding hydrogens is 685 g/mol. The Morgan fingerprint density at radius 3 is 1.75 bits per heavy atom. The van der Waals surface area contributed by atoms with Crippen molar-refractivity contribution >= 4 is 86.0 Å². The highest BCUT2D eigenvalue weighted by Gasteiger charge is 2.14. The third-order valence-electron chi connectivity index (χ3n) is 7.06. The largest absolute Gasteiger partial charge is 0.368 e. The molecule has 6 heterocycles. The molecule has 0 aliphatic carbocycles. The van der Waals surface area contributed by atoms with Crippen molar-refractivity contribution in [1.29, 1.82) is 0 Å². The molecule has 236 valence electrons. The Morgan fingerprint density at radius 2 is 1.21 bits per heavy atom. The van der Waals surface area contributed by atoms with Crippen LogP contribution in [0, 0.1) is 0 Å². The van der Waals surface area contributed by atoms with E-state index in [9.17, 15) is 4.79 Å². The van der Waals surface area contributed by atoms with Gasteiger partial charge in [0.2, 0.25) is 5.95 Å². The number of hydrogen-bond acceptors (Lipinski definition) is 9. The number of nitrogens with zero attached hydrogens (tertiary/aromatic N) is 7. The fraction of sp³-hybridized carbons (Fsp3) is 0. The van der Waals surface area contributed by atoms with Crippen LogP contribution in [0.1, 0.15) is 22.8 Å². The molecule has 8 aromatic rings. The number of rotatable bonds is 6. The van der Waals surface area contributed by atoms with Crippen molar-refractivity contribution < 1.29 is 0 Å². The first-order chi connectivity index (χ1) is 23.4. The summed E-state index contributed by atoms with van der Waals surface area (Å²) in [7, 11) is 0. The average molecular weight is 709 g/mol. The second-order valence-electron chi connectivity index (χ2n) is 10.2. The van der Waals surface area contributed by atoms with E-state index in [1.165, 1.54) is 6.20 Å². The lowest BCUT2D eigenvalue weighted by molar-refractivity contribution is 1.06. The Labute approximate surface area is 291 Å². The maximum atomic E-state index is 11.3. The second kappa shape index (κ2) is 13.8. The molecule has 0 saturated heterocycles. The van der Waals surface area contributed by atoms with Gasteiger partial charge in [0.15, 0.2) is 9.92 Å². The Balaban J connectivity index is 0.000000152. The zero-order valence-electron chi connectivity index (χ0n) is 24.7. The van der Waals surface area contributed by atoms with Crippen LogP contribution >= 0.6 is 45.9 Å². The maximum absolute atomic E-state index is 11.3. The number of aromatic amines is 1. The standard InChI is InChI=1S/C17H12ClN5S.C17H11ClN4OS/c18-12-3-1-11(2-4-12)15-14(23-9-10-24-17(23)22-15)6-5-13-7-8-20-16(19)21-13;18-12-3-1-11(2-4-12)15-14(22-9-10-24-17(22)21-15)6-5-13-7-8-19-16(23)20-13/h1-10H,(H2,19,20,21);1-10H,(H,19,20,23)/b2*6-5+. The van der Waals surface area contributed by atoms with E-state index in [2.05, 4.69) is 24.3 Å². The number of H-pyrrole nitrogens is 1. The van der Waals surface area contributed by atoms with Gasteiger partial charge in [-0.05, 0) is 60.7 Å². The molecular formula is C34H23Cl2N9OS2. The number of imidazole rings is 2. The minimum atomic E-state index is -0.371. The summed E-state index contributed by atoms with van der Waals surface area (Å²) in [6, 6.07) is 18.8. The summed E-state index contributed by atoms with van der Waals surface area (Å²) < 4.78 is 4.07. The van der Waals surface area contributed by atoms with Gasteiger partial charge in [-0.25, -0.2) is 29.7 Å². The van der Waals surface area contributed by atoms with Crippen molar-refractivity contribution in [3.05, 3.63) is 140 Å². The molecule has 0 unspecified atom stereocenters. The number of nitrogens with one attached hydrogen (secondary N) is 1. The van der Waals surface area contributed by atoms with Crippen LogP contribution in [0.3, 0.4) is 0 Å².